The van der Waals surface area contributed by atoms with Crippen LogP contribution in [0, 0.1) is 11.7 Å². The van der Waals surface area contributed by atoms with E-state index in [9.17, 15) is 18.4 Å². The first-order chi connectivity index (χ1) is 14.2. The van der Waals surface area contributed by atoms with E-state index in [1.165, 1.54) is 16.6 Å². The number of nitrogens with zero attached hydrogens (tertiary/aromatic N) is 2. The molecule has 160 valence electrons. The average Bonchev–Trinajstić information content (AvgIpc) is 3.38. The largest absolute Gasteiger partial charge is 0.492 e. The van der Waals surface area contributed by atoms with Gasteiger partial charge in [0.05, 0.1) is 24.2 Å². The molecule has 2 aliphatic carbocycles. The Morgan fingerprint density at radius 3 is 2.60 bits per heavy atom. The van der Waals surface area contributed by atoms with E-state index < -0.39 is 40.6 Å². The first-order valence-corrected chi connectivity index (χ1v) is 9.59. The number of fused-ring (bicyclic) bond motifs is 2. The van der Waals surface area contributed by atoms with Gasteiger partial charge in [0.15, 0.2) is 11.6 Å². The minimum absolute atomic E-state index is 0.0169. The highest BCUT2D eigenvalue weighted by molar-refractivity contribution is 6.00. The second-order valence-electron chi connectivity index (χ2n) is 8.10. The Kier molecular flexibility index (Phi) is 3.83. The van der Waals surface area contributed by atoms with Crippen molar-refractivity contribution in [1.82, 2.24) is 9.55 Å². The summed E-state index contributed by atoms with van der Waals surface area (Å²) in [5.74, 6) is -4.68. The van der Waals surface area contributed by atoms with Gasteiger partial charge in [0.1, 0.15) is 11.2 Å². The zero-order valence-corrected chi connectivity index (χ0v) is 16.0. The van der Waals surface area contributed by atoms with E-state index in [0.29, 0.717) is 5.57 Å². The maximum absolute atomic E-state index is 15.4. The summed E-state index contributed by atoms with van der Waals surface area (Å²) in [6.07, 6.45) is 2.28. The van der Waals surface area contributed by atoms with Crippen LogP contribution >= 0.6 is 0 Å². The Morgan fingerprint density at radius 2 is 2.00 bits per heavy atom. The number of ether oxygens (including phenoxy) is 1. The van der Waals surface area contributed by atoms with Gasteiger partial charge in [-0.15, -0.1) is 0 Å². The summed E-state index contributed by atoms with van der Waals surface area (Å²) in [7, 11) is 1.30. The molecule has 1 aromatic heterocycles. The summed E-state index contributed by atoms with van der Waals surface area (Å²) in [4.78, 5) is 28.7. The van der Waals surface area contributed by atoms with Crippen molar-refractivity contribution in [1.29, 1.82) is 0 Å². The van der Waals surface area contributed by atoms with Gasteiger partial charge < -0.3 is 21.1 Å². The van der Waals surface area contributed by atoms with Crippen LogP contribution in [0.1, 0.15) is 18.9 Å². The van der Waals surface area contributed by atoms with Gasteiger partial charge in [-0.1, -0.05) is 0 Å². The summed E-state index contributed by atoms with van der Waals surface area (Å²) in [5, 5.41) is -0.165. The van der Waals surface area contributed by atoms with Crippen LogP contribution in [0.25, 0.3) is 10.9 Å². The number of hydrogen-bond donors (Lipinski definition) is 3. The van der Waals surface area contributed by atoms with Crippen molar-refractivity contribution in [2.24, 2.45) is 11.7 Å². The smallest absolute Gasteiger partial charge is 0.329 e. The van der Waals surface area contributed by atoms with Gasteiger partial charge >= 0.3 is 5.69 Å². The molecule has 8 nitrogen and oxygen atoms in total. The molecular formula is C19H20F3N5O3. The maximum Gasteiger partial charge on any atom is 0.329 e. The van der Waals surface area contributed by atoms with Crippen LogP contribution in [0.2, 0.25) is 0 Å². The first kappa shape index (κ1) is 19.0. The van der Waals surface area contributed by atoms with Crippen molar-refractivity contribution in [2.45, 2.75) is 30.8 Å². The lowest BCUT2D eigenvalue weighted by Gasteiger charge is -2.26. The molecule has 2 atom stereocenters. The van der Waals surface area contributed by atoms with E-state index in [2.05, 4.69) is 4.98 Å². The van der Waals surface area contributed by atoms with Gasteiger partial charge in [-0.25, -0.2) is 18.0 Å². The van der Waals surface area contributed by atoms with Crippen LogP contribution in [0.15, 0.2) is 21.2 Å². The standard InChI is InChI=1S/C19H20F3N5O3/c1-30-15-13-10(17(28)25-18(29)27(13)8-2-3-8)12(23)11(20)14(15)26-5-7-4-19(21,22)16(24)9(7)6-26/h4,8-9,16H,2-3,5-6,23-24H2,1H3,(H,25,28,29). The molecule has 0 bridgehead atoms. The molecule has 1 saturated heterocycles. The maximum atomic E-state index is 15.4. The average molecular weight is 423 g/mol. The third-order valence-corrected chi connectivity index (χ3v) is 6.24. The third-order valence-electron chi connectivity index (χ3n) is 6.24. The van der Waals surface area contributed by atoms with Gasteiger partial charge in [-0.05, 0) is 24.5 Å². The van der Waals surface area contributed by atoms with Crippen molar-refractivity contribution >= 4 is 22.3 Å². The molecule has 1 aromatic carbocycles. The lowest BCUT2D eigenvalue weighted by atomic mass is 10.0. The first-order valence-electron chi connectivity index (χ1n) is 9.59. The minimum atomic E-state index is -3.11. The summed E-state index contributed by atoms with van der Waals surface area (Å²) in [5.41, 5.74) is 10.3. The highest BCUT2D eigenvalue weighted by Gasteiger charge is 2.51. The van der Waals surface area contributed by atoms with E-state index in [-0.39, 0.29) is 41.5 Å². The van der Waals surface area contributed by atoms with E-state index in [4.69, 9.17) is 16.2 Å². The van der Waals surface area contributed by atoms with E-state index in [1.807, 2.05) is 0 Å². The predicted octanol–water partition coefficient (Wildman–Crippen LogP) is 1.09. The number of aromatic amines is 1. The third kappa shape index (κ3) is 2.44. The van der Waals surface area contributed by atoms with Crippen molar-refractivity contribution in [3.8, 4) is 5.75 Å². The number of nitrogens with two attached hydrogens (primary N) is 2. The summed E-state index contributed by atoms with van der Waals surface area (Å²) in [6.45, 7) is 0.0563. The zero-order valence-electron chi connectivity index (χ0n) is 16.0. The molecule has 5 rings (SSSR count). The Hall–Kier alpha value is -2.95. The monoisotopic (exact) mass is 423 g/mol. The summed E-state index contributed by atoms with van der Waals surface area (Å²) >= 11 is 0. The van der Waals surface area contributed by atoms with Crippen molar-refractivity contribution in [2.75, 3.05) is 30.8 Å². The quantitative estimate of drug-likeness (QED) is 0.502. The van der Waals surface area contributed by atoms with Gasteiger partial charge in [0.25, 0.3) is 11.5 Å². The van der Waals surface area contributed by atoms with Crippen molar-refractivity contribution in [3.63, 3.8) is 0 Å². The second kappa shape index (κ2) is 6.03. The molecule has 5 N–H and O–H groups in total. The van der Waals surface area contributed by atoms with Crippen LogP contribution in [0.3, 0.4) is 0 Å². The van der Waals surface area contributed by atoms with E-state index in [0.717, 1.165) is 18.9 Å². The molecule has 0 radical (unpaired) electrons. The normalized spacial score (nSPS) is 25.0. The number of halogens is 3. The number of anilines is 2. The number of nitrogen functional groups attached to an aromatic ring is 1. The highest BCUT2D eigenvalue weighted by atomic mass is 19.3. The van der Waals surface area contributed by atoms with Gasteiger partial charge in [0, 0.05) is 25.0 Å². The Morgan fingerprint density at radius 1 is 1.30 bits per heavy atom. The molecule has 2 unspecified atom stereocenters. The fourth-order valence-electron chi connectivity index (χ4n) is 4.66. The van der Waals surface area contributed by atoms with Crippen LogP contribution in [0.4, 0.5) is 24.5 Å². The molecule has 30 heavy (non-hydrogen) atoms. The minimum Gasteiger partial charge on any atom is -0.492 e. The Balaban J connectivity index is 1.77. The number of H-pyrrole nitrogens is 1. The number of aromatic nitrogens is 2. The van der Waals surface area contributed by atoms with Crippen molar-refractivity contribution < 1.29 is 17.9 Å². The molecule has 1 saturated carbocycles. The number of rotatable bonds is 3. The molecule has 3 aliphatic rings. The van der Waals surface area contributed by atoms with Crippen LogP contribution < -0.4 is 32.4 Å². The van der Waals surface area contributed by atoms with E-state index in [1.54, 1.807) is 0 Å². The molecule has 2 heterocycles. The SMILES string of the molecule is COc1c(N2CC3=CC(F)(F)C(N)C3C2)c(F)c(N)c2c(=O)[nH]c(=O)n(C3CC3)c12. The molecule has 0 amide bonds. The number of nitrogens with one attached hydrogen (secondary N) is 1. The Labute approximate surface area is 167 Å². The van der Waals surface area contributed by atoms with Crippen LogP contribution in [0.5, 0.6) is 5.75 Å². The van der Waals surface area contributed by atoms with Gasteiger partial charge in [-0.3, -0.25) is 14.3 Å². The van der Waals surface area contributed by atoms with Crippen LogP contribution in [-0.4, -0.2) is 41.7 Å². The molecule has 2 aromatic rings. The topological polar surface area (TPSA) is 119 Å². The summed E-state index contributed by atoms with van der Waals surface area (Å²) in [6, 6.07) is -1.56. The van der Waals surface area contributed by atoms with Crippen LogP contribution in [-0.2, 0) is 0 Å². The predicted molar refractivity (Wildman–Crippen MR) is 105 cm³/mol. The lowest BCUT2D eigenvalue weighted by Crippen LogP contribution is -2.43. The van der Waals surface area contributed by atoms with E-state index >= 15 is 4.39 Å². The fourth-order valence-corrected chi connectivity index (χ4v) is 4.66. The molecule has 0 spiro atoms. The molecule has 11 heteroatoms. The van der Waals surface area contributed by atoms with Crippen molar-refractivity contribution in [3.05, 3.63) is 38.3 Å². The highest BCUT2D eigenvalue weighted by Crippen LogP contribution is 2.48. The van der Waals surface area contributed by atoms with Gasteiger partial charge in [-0.2, -0.15) is 0 Å². The molecule has 1 aliphatic heterocycles. The Bertz CT molecular complexity index is 1230. The zero-order chi connectivity index (χ0) is 21.5. The summed E-state index contributed by atoms with van der Waals surface area (Å²) < 4.78 is 50.1. The number of alkyl halides is 2. The second-order valence-corrected chi connectivity index (χ2v) is 8.10. The molecule has 2 fully saturated rings. The number of hydrogen-bond acceptors (Lipinski definition) is 6. The number of methoxy groups -OCH3 is 1. The molecular weight excluding hydrogens is 403 g/mol. The number of benzene rings is 1. The fraction of sp³-hybridized carbons (Fsp3) is 0.474. The lowest BCUT2D eigenvalue weighted by molar-refractivity contribution is 0.0262. The van der Waals surface area contributed by atoms with Gasteiger partial charge in [0.2, 0.25) is 0 Å².